The van der Waals surface area contributed by atoms with Crippen molar-refractivity contribution in [3.8, 4) is 0 Å². The second kappa shape index (κ2) is 6.86. The molecular weight excluding hydrogens is 252 g/mol. The van der Waals surface area contributed by atoms with Crippen molar-refractivity contribution in [2.75, 3.05) is 19.6 Å². The van der Waals surface area contributed by atoms with E-state index in [1.165, 1.54) is 16.7 Å². The van der Waals surface area contributed by atoms with Gasteiger partial charge in [-0.2, -0.15) is 9.40 Å². The first kappa shape index (κ1) is 15.1. The fraction of sp³-hybridized carbons (Fsp3) is 0.727. The highest BCUT2D eigenvalue weighted by Gasteiger charge is 2.23. The minimum atomic E-state index is -3.41. The lowest BCUT2D eigenvalue weighted by molar-refractivity contribution is 0.419. The van der Waals surface area contributed by atoms with Crippen molar-refractivity contribution in [2.24, 2.45) is 5.73 Å². The Morgan fingerprint density at radius 3 is 2.72 bits per heavy atom. The summed E-state index contributed by atoms with van der Waals surface area (Å²) in [4.78, 5) is 0.244. The van der Waals surface area contributed by atoms with Crippen LogP contribution in [0.2, 0.25) is 0 Å². The Morgan fingerprint density at radius 1 is 1.44 bits per heavy atom. The molecule has 0 aliphatic rings. The van der Waals surface area contributed by atoms with Gasteiger partial charge < -0.3 is 5.73 Å². The molecule has 0 saturated heterocycles. The largest absolute Gasteiger partial charge is 0.329 e. The van der Waals surface area contributed by atoms with E-state index in [0.717, 1.165) is 12.8 Å². The highest BCUT2D eigenvalue weighted by Crippen LogP contribution is 2.15. The van der Waals surface area contributed by atoms with Crippen LogP contribution in [0.25, 0.3) is 0 Å². The zero-order valence-corrected chi connectivity index (χ0v) is 11.9. The molecule has 7 heteroatoms. The maximum Gasteiger partial charge on any atom is 0.246 e. The Bertz CT molecular complexity index is 455. The molecule has 2 N–H and O–H groups in total. The van der Waals surface area contributed by atoms with Crippen LogP contribution in [0.3, 0.4) is 0 Å². The van der Waals surface area contributed by atoms with Gasteiger partial charge in [-0.1, -0.05) is 20.3 Å². The molecule has 104 valence electrons. The highest BCUT2D eigenvalue weighted by atomic mass is 32.2. The normalized spacial score (nSPS) is 12.2. The van der Waals surface area contributed by atoms with Gasteiger partial charge in [0.1, 0.15) is 4.90 Å². The van der Waals surface area contributed by atoms with Crippen molar-refractivity contribution in [1.29, 1.82) is 0 Å². The number of rotatable bonds is 8. The van der Waals surface area contributed by atoms with Crippen molar-refractivity contribution in [2.45, 2.75) is 38.1 Å². The van der Waals surface area contributed by atoms with Crippen LogP contribution in [0.4, 0.5) is 0 Å². The molecule has 1 aromatic rings. The topological polar surface area (TPSA) is 81.2 Å². The molecular formula is C11H22N4O2S. The molecule has 0 spiro atoms. The zero-order chi connectivity index (χ0) is 13.6. The standard InChI is InChI=1S/C11H22N4O2S/c1-3-5-7-15(4-2)18(16,17)11-9-13-14(10-11)8-6-12/h9-10H,3-8,12H2,1-2H3. The molecule has 0 aromatic carbocycles. The van der Waals surface area contributed by atoms with Crippen molar-refractivity contribution in [3.63, 3.8) is 0 Å². The van der Waals surface area contributed by atoms with Gasteiger partial charge in [0.15, 0.2) is 0 Å². The van der Waals surface area contributed by atoms with Gasteiger partial charge in [0.25, 0.3) is 0 Å². The van der Waals surface area contributed by atoms with Crippen LogP contribution < -0.4 is 5.73 Å². The third kappa shape index (κ3) is 3.54. The number of nitrogens with two attached hydrogens (primary N) is 1. The molecule has 0 unspecified atom stereocenters. The van der Waals surface area contributed by atoms with Crippen molar-refractivity contribution in [3.05, 3.63) is 12.4 Å². The number of hydrogen-bond acceptors (Lipinski definition) is 4. The summed E-state index contributed by atoms with van der Waals surface area (Å²) in [6.07, 6.45) is 4.76. The second-order valence-corrected chi connectivity index (χ2v) is 6.02. The molecule has 1 aromatic heterocycles. The van der Waals surface area contributed by atoms with Gasteiger partial charge >= 0.3 is 0 Å². The predicted octanol–water partition coefficient (Wildman–Crippen LogP) is 0.653. The second-order valence-electron chi connectivity index (χ2n) is 4.08. The van der Waals surface area contributed by atoms with E-state index in [0.29, 0.717) is 26.2 Å². The smallest absolute Gasteiger partial charge is 0.246 e. The molecule has 0 aliphatic carbocycles. The van der Waals surface area contributed by atoms with E-state index in [9.17, 15) is 8.42 Å². The van der Waals surface area contributed by atoms with E-state index in [1.807, 2.05) is 13.8 Å². The third-order valence-electron chi connectivity index (χ3n) is 2.72. The van der Waals surface area contributed by atoms with Gasteiger partial charge in [-0.3, -0.25) is 4.68 Å². The number of hydrogen-bond donors (Lipinski definition) is 1. The minimum absolute atomic E-state index is 0.244. The molecule has 6 nitrogen and oxygen atoms in total. The van der Waals surface area contributed by atoms with Crippen molar-refractivity contribution < 1.29 is 8.42 Å². The Balaban J connectivity index is 2.88. The quantitative estimate of drug-likeness (QED) is 0.755. The summed E-state index contributed by atoms with van der Waals surface area (Å²) >= 11 is 0. The molecule has 0 radical (unpaired) electrons. The molecule has 0 aliphatic heterocycles. The van der Waals surface area contributed by atoms with Gasteiger partial charge in [0, 0.05) is 25.8 Å². The van der Waals surface area contributed by atoms with Crippen LogP contribution in [0.15, 0.2) is 17.3 Å². The van der Waals surface area contributed by atoms with Gasteiger partial charge in [-0.15, -0.1) is 0 Å². The van der Waals surface area contributed by atoms with Crippen LogP contribution in [-0.2, 0) is 16.6 Å². The van der Waals surface area contributed by atoms with E-state index >= 15 is 0 Å². The molecule has 0 atom stereocenters. The summed E-state index contributed by atoms with van der Waals surface area (Å²) in [6.45, 7) is 5.88. The average molecular weight is 274 g/mol. The summed E-state index contributed by atoms with van der Waals surface area (Å²) in [5, 5.41) is 4.00. The summed E-state index contributed by atoms with van der Waals surface area (Å²) in [5.41, 5.74) is 5.41. The van der Waals surface area contributed by atoms with Crippen LogP contribution in [-0.4, -0.2) is 42.1 Å². The summed E-state index contributed by atoms with van der Waals surface area (Å²) in [5.74, 6) is 0. The molecule has 0 fully saturated rings. The van der Waals surface area contributed by atoms with Crippen LogP contribution >= 0.6 is 0 Å². The number of unbranched alkanes of at least 4 members (excludes halogenated alkanes) is 1. The van der Waals surface area contributed by atoms with Crippen molar-refractivity contribution in [1.82, 2.24) is 14.1 Å². The highest BCUT2D eigenvalue weighted by molar-refractivity contribution is 7.89. The third-order valence-corrected chi connectivity index (χ3v) is 4.65. The van der Waals surface area contributed by atoms with E-state index in [4.69, 9.17) is 5.73 Å². The van der Waals surface area contributed by atoms with Gasteiger partial charge in [0.2, 0.25) is 10.0 Å². The predicted molar refractivity (Wildman–Crippen MR) is 70.6 cm³/mol. The van der Waals surface area contributed by atoms with Crippen LogP contribution in [0, 0.1) is 0 Å². The first-order valence-electron chi connectivity index (χ1n) is 6.28. The Labute approximate surface area is 109 Å². The van der Waals surface area contributed by atoms with E-state index < -0.39 is 10.0 Å². The average Bonchev–Trinajstić information content (AvgIpc) is 2.79. The maximum atomic E-state index is 12.3. The molecule has 1 heterocycles. The first-order valence-corrected chi connectivity index (χ1v) is 7.72. The Hall–Kier alpha value is -0.920. The summed E-state index contributed by atoms with van der Waals surface area (Å²) in [7, 11) is -3.41. The minimum Gasteiger partial charge on any atom is -0.329 e. The molecule has 0 saturated carbocycles. The molecule has 0 amide bonds. The van der Waals surface area contributed by atoms with Gasteiger partial charge in [-0.05, 0) is 6.42 Å². The fourth-order valence-corrected chi connectivity index (χ4v) is 3.11. The lowest BCUT2D eigenvalue weighted by Crippen LogP contribution is -2.31. The van der Waals surface area contributed by atoms with E-state index in [1.54, 1.807) is 4.68 Å². The number of nitrogens with zero attached hydrogens (tertiary/aromatic N) is 3. The molecule has 18 heavy (non-hydrogen) atoms. The summed E-state index contributed by atoms with van der Waals surface area (Å²) < 4.78 is 27.7. The monoisotopic (exact) mass is 274 g/mol. The van der Waals surface area contributed by atoms with Gasteiger partial charge in [-0.25, -0.2) is 8.42 Å². The first-order chi connectivity index (χ1) is 8.56. The number of aromatic nitrogens is 2. The van der Waals surface area contributed by atoms with Gasteiger partial charge in [0.05, 0.1) is 12.7 Å². The lowest BCUT2D eigenvalue weighted by atomic mass is 10.3. The Kier molecular flexibility index (Phi) is 5.77. The maximum absolute atomic E-state index is 12.3. The van der Waals surface area contributed by atoms with E-state index in [-0.39, 0.29) is 4.90 Å². The number of sulfonamides is 1. The fourth-order valence-electron chi connectivity index (χ4n) is 1.66. The lowest BCUT2D eigenvalue weighted by Gasteiger charge is -2.18. The molecule has 1 rings (SSSR count). The summed E-state index contributed by atoms with van der Waals surface area (Å²) in [6, 6.07) is 0. The zero-order valence-electron chi connectivity index (χ0n) is 11.0. The van der Waals surface area contributed by atoms with Crippen molar-refractivity contribution >= 4 is 10.0 Å². The van der Waals surface area contributed by atoms with Crippen LogP contribution in [0.1, 0.15) is 26.7 Å². The van der Waals surface area contributed by atoms with E-state index in [2.05, 4.69) is 5.10 Å². The molecule has 0 bridgehead atoms. The van der Waals surface area contributed by atoms with Crippen LogP contribution in [0.5, 0.6) is 0 Å². The Morgan fingerprint density at radius 2 is 2.17 bits per heavy atom. The SMILES string of the molecule is CCCCN(CC)S(=O)(=O)c1cnn(CCN)c1.